The third kappa shape index (κ3) is 3.25. The number of anilines is 1. The molecule has 1 N–H and O–H groups in total. The fraction of sp³-hybridized carbons (Fsp3) is 0.643. The Bertz CT molecular complexity index is 515. The second-order valence-electron chi connectivity index (χ2n) is 5.60. The summed E-state index contributed by atoms with van der Waals surface area (Å²) in [5, 5.41) is 9.16. The van der Waals surface area contributed by atoms with E-state index in [-0.39, 0.29) is 19.1 Å². The van der Waals surface area contributed by atoms with E-state index >= 15 is 0 Å². The summed E-state index contributed by atoms with van der Waals surface area (Å²) in [5.74, 6) is -0.113. The standard InChI is InChI=1S/C14H20N4O4/c19-3-1-17-2-4-21-10-14(8-17)9-18(13(20)7-22-14)12-5-15-11-16-6-12/h5-6,11,19H,1-4,7-10H2/t14-/m1/s1. The van der Waals surface area contributed by atoms with Crippen molar-refractivity contribution >= 4 is 11.6 Å². The van der Waals surface area contributed by atoms with Crippen LogP contribution in [0.3, 0.4) is 0 Å². The quantitative estimate of drug-likeness (QED) is 0.758. The largest absolute Gasteiger partial charge is 0.395 e. The first kappa shape index (κ1) is 15.3. The van der Waals surface area contributed by atoms with Crippen molar-refractivity contribution in [3.8, 4) is 0 Å². The highest BCUT2D eigenvalue weighted by molar-refractivity contribution is 5.94. The average molecular weight is 308 g/mol. The number of hydrogen-bond acceptors (Lipinski definition) is 7. The molecule has 1 spiro atoms. The molecule has 0 aromatic carbocycles. The number of aliphatic hydroxyl groups excluding tert-OH is 1. The molecule has 2 fully saturated rings. The number of nitrogens with zero attached hydrogens (tertiary/aromatic N) is 4. The van der Waals surface area contributed by atoms with E-state index in [1.807, 2.05) is 0 Å². The van der Waals surface area contributed by atoms with Crippen molar-refractivity contribution in [3.05, 3.63) is 18.7 Å². The Morgan fingerprint density at radius 2 is 2.14 bits per heavy atom. The minimum absolute atomic E-state index is 0.00518. The van der Waals surface area contributed by atoms with Gasteiger partial charge < -0.3 is 19.5 Å². The minimum atomic E-state index is -0.588. The molecule has 1 amide bonds. The lowest BCUT2D eigenvalue weighted by atomic mass is 10.0. The SMILES string of the molecule is O=C1CO[C@@]2(COCCN(CCO)C2)CN1c1cncnc1. The molecule has 2 saturated heterocycles. The van der Waals surface area contributed by atoms with Gasteiger partial charge in [0.15, 0.2) is 0 Å². The van der Waals surface area contributed by atoms with Gasteiger partial charge in [-0.25, -0.2) is 9.97 Å². The molecule has 1 atom stereocenters. The van der Waals surface area contributed by atoms with E-state index < -0.39 is 5.60 Å². The molecule has 8 heteroatoms. The molecule has 120 valence electrons. The van der Waals surface area contributed by atoms with Gasteiger partial charge in [-0.15, -0.1) is 0 Å². The molecule has 0 bridgehead atoms. The lowest BCUT2D eigenvalue weighted by molar-refractivity contribution is -0.146. The van der Waals surface area contributed by atoms with Crippen LogP contribution in [-0.4, -0.2) is 84.1 Å². The molecule has 1 aromatic rings. The maximum absolute atomic E-state index is 12.2. The Morgan fingerprint density at radius 3 is 2.91 bits per heavy atom. The molecule has 0 unspecified atom stereocenters. The van der Waals surface area contributed by atoms with E-state index in [1.165, 1.54) is 6.33 Å². The summed E-state index contributed by atoms with van der Waals surface area (Å²) in [7, 11) is 0. The molecular formula is C14H20N4O4. The molecule has 3 heterocycles. The number of aliphatic hydroxyl groups is 1. The summed E-state index contributed by atoms with van der Waals surface area (Å²) in [4.78, 5) is 23.9. The summed E-state index contributed by atoms with van der Waals surface area (Å²) in [5.41, 5.74) is 0.0724. The van der Waals surface area contributed by atoms with Crippen LogP contribution in [0.5, 0.6) is 0 Å². The molecule has 2 aliphatic rings. The van der Waals surface area contributed by atoms with Gasteiger partial charge in [0.25, 0.3) is 5.91 Å². The van der Waals surface area contributed by atoms with Crippen molar-refractivity contribution in [1.82, 2.24) is 14.9 Å². The van der Waals surface area contributed by atoms with Crippen molar-refractivity contribution in [2.24, 2.45) is 0 Å². The van der Waals surface area contributed by atoms with Crippen molar-refractivity contribution in [2.75, 3.05) is 57.5 Å². The summed E-state index contributed by atoms with van der Waals surface area (Å²) in [6.07, 6.45) is 4.67. The predicted octanol–water partition coefficient (Wildman–Crippen LogP) is -1.10. The molecule has 0 radical (unpaired) electrons. The fourth-order valence-electron chi connectivity index (χ4n) is 2.88. The van der Waals surface area contributed by atoms with E-state index in [1.54, 1.807) is 17.3 Å². The minimum Gasteiger partial charge on any atom is -0.395 e. The average Bonchev–Trinajstić information content (AvgIpc) is 2.74. The Hall–Kier alpha value is -1.61. The zero-order valence-corrected chi connectivity index (χ0v) is 12.3. The first-order valence-electron chi connectivity index (χ1n) is 7.33. The summed E-state index contributed by atoms with van der Waals surface area (Å²) < 4.78 is 11.5. The Labute approximate surface area is 128 Å². The highest BCUT2D eigenvalue weighted by Gasteiger charge is 2.43. The third-order valence-electron chi connectivity index (χ3n) is 3.95. The Morgan fingerprint density at radius 1 is 1.32 bits per heavy atom. The molecule has 3 rings (SSSR count). The Balaban J connectivity index is 1.80. The number of carbonyl (C=O) groups excluding carboxylic acids is 1. The monoisotopic (exact) mass is 308 g/mol. The van der Waals surface area contributed by atoms with E-state index in [4.69, 9.17) is 14.6 Å². The van der Waals surface area contributed by atoms with Gasteiger partial charge in [0.05, 0.1) is 44.4 Å². The van der Waals surface area contributed by atoms with Crippen LogP contribution in [0, 0.1) is 0 Å². The van der Waals surface area contributed by atoms with E-state index in [0.717, 1.165) is 6.54 Å². The first-order valence-corrected chi connectivity index (χ1v) is 7.33. The normalized spacial score (nSPS) is 27.1. The van der Waals surface area contributed by atoms with E-state index in [0.29, 0.717) is 38.5 Å². The van der Waals surface area contributed by atoms with Gasteiger partial charge in [0, 0.05) is 19.6 Å². The van der Waals surface area contributed by atoms with Gasteiger partial charge in [0.2, 0.25) is 0 Å². The molecule has 1 aromatic heterocycles. The van der Waals surface area contributed by atoms with Gasteiger partial charge in [-0.2, -0.15) is 0 Å². The van der Waals surface area contributed by atoms with E-state index in [9.17, 15) is 4.79 Å². The zero-order chi connectivity index (χ0) is 15.4. The van der Waals surface area contributed by atoms with Crippen molar-refractivity contribution in [2.45, 2.75) is 5.60 Å². The molecule has 8 nitrogen and oxygen atoms in total. The van der Waals surface area contributed by atoms with Gasteiger partial charge in [0.1, 0.15) is 18.5 Å². The van der Waals surface area contributed by atoms with Crippen LogP contribution in [0.25, 0.3) is 0 Å². The van der Waals surface area contributed by atoms with E-state index in [2.05, 4.69) is 14.9 Å². The van der Waals surface area contributed by atoms with Gasteiger partial charge >= 0.3 is 0 Å². The van der Waals surface area contributed by atoms with Crippen LogP contribution in [0.1, 0.15) is 0 Å². The number of carbonyl (C=O) groups is 1. The van der Waals surface area contributed by atoms with Gasteiger partial charge in [-0.1, -0.05) is 0 Å². The number of amides is 1. The number of β-amino-alcohol motifs (C(OH)–C–C–N with tert-alkyl or cyclic N) is 1. The van der Waals surface area contributed by atoms with Crippen LogP contribution >= 0.6 is 0 Å². The number of morpholine rings is 1. The fourth-order valence-corrected chi connectivity index (χ4v) is 2.88. The zero-order valence-electron chi connectivity index (χ0n) is 12.3. The molecule has 0 saturated carbocycles. The lowest BCUT2D eigenvalue weighted by Gasteiger charge is -2.42. The Kier molecular flexibility index (Phi) is 4.63. The highest BCUT2D eigenvalue weighted by atomic mass is 16.6. The summed E-state index contributed by atoms with van der Waals surface area (Å²) >= 11 is 0. The van der Waals surface area contributed by atoms with Crippen LogP contribution in [0.4, 0.5) is 5.69 Å². The van der Waals surface area contributed by atoms with Gasteiger partial charge in [-0.05, 0) is 0 Å². The van der Waals surface area contributed by atoms with Crippen molar-refractivity contribution in [1.29, 1.82) is 0 Å². The van der Waals surface area contributed by atoms with Crippen LogP contribution in [0.15, 0.2) is 18.7 Å². The van der Waals surface area contributed by atoms with Crippen molar-refractivity contribution < 1.29 is 19.4 Å². The summed E-state index contributed by atoms with van der Waals surface area (Å²) in [6, 6.07) is 0. The maximum atomic E-state index is 12.2. The molecule has 0 aliphatic carbocycles. The number of ether oxygens (including phenoxy) is 2. The topological polar surface area (TPSA) is 88.0 Å². The molecular weight excluding hydrogens is 288 g/mol. The summed E-state index contributed by atoms with van der Waals surface area (Å²) in [6.45, 7) is 3.42. The maximum Gasteiger partial charge on any atom is 0.253 e. The highest BCUT2D eigenvalue weighted by Crippen LogP contribution is 2.26. The smallest absolute Gasteiger partial charge is 0.253 e. The third-order valence-corrected chi connectivity index (χ3v) is 3.95. The van der Waals surface area contributed by atoms with Crippen LogP contribution in [0.2, 0.25) is 0 Å². The second kappa shape index (κ2) is 6.66. The first-order chi connectivity index (χ1) is 10.7. The van der Waals surface area contributed by atoms with Crippen LogP contribution < -0.4 is 4.90 Å². The number of rotatable bonds is 3. The van der Waals surface area contributed by atoms with Gasteiger partial charge in [-0.3, -0.25) is 9.69 Å². The number of hydrogen-bond donors (Lipinski definition) is 1. The second-order valence-corrected chi connectivity index (χ2v) is 5.60. The predicted molar refractivity (Wildman–Crippen MR) is 77.4 cm³/mol. The lowest BCUT2D eigenvalue weighted by Crippen LogP contribution is -2.61. The van der Waals surface area contributed by atoms with Crippen LogP contribution in [-0.2, 0) is 14.3 Å². The number of aromatic nitrogens is 2. The molecule has 2 aliphatic heterocycles. The molecule has 22 heavy (non-hydrogen) atoms. The van der Waals surface area contributed by atoms with Crippen molar-refractivity contribution in [3.63, 3.8) is 0 Å².